The van der Waals surface area contributed by atoms with Crippen LogP contribution in [0.5, 0.6) is 0 Å². The van der Waals surface area contributed by atoms with E-state index >= 15 is 0 Å². The van der Waals surface area contributed by atoms with Crippen molar-refractivity contribution in [2.75, 3.05) is 52.3 Å². The van der Waals surface area contributed by atoms with E-state index in [-0.39, 0.29) is 31.5 Å². The Morgan fingerprint density at radius 1 is 1.24 bits per heavy atom. The highest BCUT2D eigenvalue weighted by molar-refractivity contribution is 5.83. The van der Waals surface area contributed by atoms with Gasteiger partial charge in [-0.3, -0.25) is 4.79 Å². The van der Waals surface area contributed by atoms with Crippen LogP contribution in [0, 0.1) is 22.6 Å². The molecule has 1 amide bonds. The number of benzene rings is 1. The lowest BCUT2D eigenvalue weighted by molar-refractivity contribution is -0.230. The molecule has 0 bridgehead atoms. The first-order chi connectivity index (χ1) is 18.3. The number of carbonyl (C=O) groups is 1. The van der Waals surface area contributed by atoms with Crippen molar-refractivity contribution in [3.63, 3.8) is 0 Å². The predicted octanol–water partition coefficient (Wildman–Crippen LogP) is 2.73. The number of aromatic amines is 1. The van der Waals surface area contributed by atoms with E-state index in [1.165, 1.54) is 12.1 Å². The second-order valence-corrected chi connectivity index (χ2v) is 9.56. The van der Waals surface area contributed by atoms with Crippen LogP contribution in [0.2, 0.25) is 0 Å². The number of hydrogen-bond donors (Lipinski definition) is 3. The zero-order valence-electron chi connectivity index (χ0n) is 21.6. The van der Waals surface area contributed by atoms with Crippen molar-refractivity contribution in [1.29, 1.82) is 5.26 Å². The maximum absolute atomic E-state index is 13.6. The van der Waals surface area contributed by atoms with Gasteiger partial charge in [-0.15, -0.1) is 0 Å². The second kappa shape index (κ2) is 12.1. The Morgan fingerprint density at radius 3 is 2.66 bits per heavy atom. The number of H-pyrrole nitrogens is 1. The summed E-state index contributed by atoms with van der Waals surface area (Å²) >= 11 is 0. The van der Waals surface area contributed by atoms with Gasteiger partial charge in [0.25, 0.3) is 0 Å². The number of aromatic nitrogens is 4. The van der Waals surface area contributed by atoms with E-state index in [2.05, 4.69) is 30.5 Å². The molecule has 38 heavy (non-hydrogen) atoms. The summed E-state index contributed by atoms with van der Waals surface area (Å²) in [6.45, 7) is 3.42. The number of imidazole rings is 1. The van der Waals surface area contributed by atoms with Crippen LogP contribution in [-0.2, 0) is 14.3 Å². The normalized spacial score (nSPS) is 19.2. The van der Waals surface area contributed by atoms with Crippen LogP contribution in [0.3, 0.4) is 0 Å². The minimum absolute atomic E-state index is 0.0748. The lowest BCUT2D eigenvalue weighted by atomic mass is 9.91. The first kappa shape index (κ1) is 27.1. The maximum Gasteiger partial charge on any atom is 0.231 e. The number of nitriles is 1. The fourth-order valence-corrected chi connectivity index (χ4v) is 3.91. The zero-order valence-corrected chi connectivity index (χ0v) is 21.6. The molecule has 1 aliphatic heterocycles. The molecule has 4 rings (SSSR count). The summed E-state index contributed by atoms with van der Waals surface area (Å²) < 4.78 is 25.4. The number of nitrogens with zero attached hydrogens (tertiary/aromatic N) is 5. The molecular formula is C26H31FN8O3. The maximum atomic E-state index is 13.6. The largest absolute Gasteiger partial charge is 0.354 e. The van der Waals surface area contributed by atoms with Gasteiger partial charge in [-0.2, -0.15) is 5.26 Å². The number of amides is 1. The molecule has 11 nitrogen and oxygen atoms in total. The molecule has 1 aliphatic rings. The third kappa shape index (κ3) is 6.49. The van der Waals surface area contributed by atoms with Crippen LogP contribution in [0.1, 0.15) is 25.5 Å². The monoisotopic (exact) mass is 522 g/mol. The van der Waals surface area contributed by atoms with Crippen LogP contribution in [-0.4, -0.2) is 77.7 Å². The molecule has 1 aromatic carbocycles. The average Bonchev–Trinajstić information content (AvgIpc) is 3.36. The summed E-state index contributed by atoms with van der Waals surface area (Å²) in [5.41, 5.74) is 1.47. The van der Waals surface area contributed by atoms with E-state index in [1.807, 2.05) is 20.2 Å². The van der Waals surface area contributed by atoms with Crippen molar-refractivity contribution in [3.8, 4) is 28.7 Å². The Morgan fingerprint density at radius 2 is 1.97 bits per heavy atom. The Hall–Kier alpha value is -3.92. The molecule has 0 radical (unpaired) electrons. The number of nitrogens with one attached hydrogen (secondary N) is 3. The van der Waals surface area contributed by atoms with Crippen molar-refractivity contribution in [1.82, 2.24) is 30.2 Å². The molecule has 1 saturated heterocycles. The summed E-state index contributed by atoms with van der Waals surface area (Å²) in [4.78, 5) is 31.5. The van der Waals surface area contributed by atoms with E-state index in [4.69, 9.17) is 19.7 Å². The summed E-state index contributed by atoms with van der Waals surface area (Å²) in [5.74, 6) is 0.186. The molecular weight excluding hydrogens is 491 g/mol. The smallest absolute Gasteiger partial charge is 0.231 e. The molecule has 0 spiro atoms. The first-order valence-electron chi connectivity index (χ1n) is 12.3. The Balaban J connectivity index is 1.58. The van der Waals surface area contributed by atoms with Gasteiger partial charge in [0, 0.05) is 18.3 Å². The Kier molecular flexibility index (Phi) is 8.62. The molecule has 2 aromatic heterocycles. The average molecular weight is 523 g/mol. The van der Waals surface area contributed by atoms with Crippen LogP contribution >= 0.6 is 0 Å². The standard InChI is InChI=1S/C26H31FN8O3/c1-26(24(36)29-13-10-28)15-37-23(38-16-26)22-33-20(17-5-7-18(27)8-6-17)21(34-22)19-9-12-31-25(32-19)30-11-4-14-35(2)3/h5-9,12,23H,4,11,13-16H2,1-3H3,(H,29,36)(H,33,34)(H,30,31,32). The highest BCUT2D eigenvalue weighted by Gasteiger charge is 2.40. The fourth-order valence-electron chi connectivity index (χ4n) is 3.91. The predicted molar refractivity (Wildman–Crippen MR) is 138 cm³/mol. The van der Waals surface area contributed by atoms with Gasteiger partial charge in [0.1, 0.15) is 12.4 Å². The van der Waals surface area contributed by atoms with Crippen LogP contribution in [0.25, 0.3) is 22.6 Å². The van der Waals surface area contributed by atoms with Crippen LogP contribution in [0.15, 0.2) is 36.5 Å². The fraction of sp³-hybridized carbons (Fsp3) is 0.423. The molecule has 200 valence electrons. The van der Waals surface area contributed by atoms with Crippen molar-refractivity contribution < 1.29 is 18.7 Å². The van der Waals surface area contributed by atoms with Crippen LogP contribution in [0.4, 0.5) is 10.3 Å². The molecule has 0 atom stereocenters. The van der Waals surface area contributed by atoms with Gasteiger partial charge >= 0.3 is 0 Å². The van der Waals surface area contributed by atoms with Gasteiger partial charge in [-0.25, -0.2) is 19.3 Å². The molecule has 3 N–H and O–H groups in total. The third-order valence-electron chi connectivity index (χ3n) is 6.02. The first-order valence-corrected chi connectivity index (χ1v) is 12.3. The van der Waals surface area contributed by atoms with Gasteiger partial charge in [0.05, 0.1) is 41.8 Å². The topological polar surface area (TPSA) is 141 Å². The molecule has 0 saturated carbocycles. The Bertz CT molecular complexity index is 1280. The molecule has 1 fully saturated rings. The molecule has 12 heteroatoms. The summed E-state index contributed by atoms with van der Waals surface area (Å²) in [6, 6.07) is 9.65. The highest BCUT2D eigenvalue weighted by atomic mass is 19.1. The van der Waals surface area contributed by atoms with Crippen molar-refractivity contribution in [2.45, 2.75) is 19.6 Å². The molecule has 0 unspecified atom stereocenters. The van der Waals surface area contributed by atoms with E-state index in [1.54, 1.807) is 31.3 Å². The number of carbonyl (C=O) groups excluding carboxylic acids is 1. The van der Waals surface area contributed by atoms with E-state index < -0.39 is 11.7 Å². The number of rotatable bonds is 10. The van der Waals surface area contributed by atoms with Crippen LogP contribution < -0.4 is 10.6 Å². The highest BCUT2D eigenvalue weighted by Crippen LogP contribution is 2.35. The lowest BCUT2D eigenvalue weighted by Gasteiger charge is -2.35. The Labute approximate surface area is 220 Å². The van der Waals surface area contributed by atoms with E-state index in [9.17, 15) is 9.18 Å². The minimum atomic E-state index is -0.942. The number of ether oxygens (including phenoxy) is 2. The third-order valence-corrected chi connectivity index (χ3v) is 6.02. The van der Waals surface area contributed by atoms with Gasteiger partial charge in [-0.05, 0) is 64.3 Å². The number of anilines is 1. The van der Waals surface area contributed by atoms with Crippen molar-refractivity contribution in [2.24, 2.45) is 5.41 Å². The summed E-state index contributed by atoms with van der Waals surface area (Å²) in [6.07, 6.45) is 1.73. The summed E-state index contributed by atoms with van der Waals surface area (Å²) in [7, 11) is 4.04. The molecule has 3 heterocycles. The van der Waals surface area contributed by atoms with Gasteiger partial charge in [0.2, 0.25) is 18.1 Å². The molecule has 0 aliphatic carbocycles. The number of halogens is 1. The molecule has 3 aromatic rings. The van der Waals surface area contributed by atoms with Gasteiger partial charge in [-0.1, -0.05) is 0 Å². The summed E-state index contributed by atoms with van der Waals surface area (Å²) in [5, 5.41) is 14.5. The van der Waals surface area contributed by atoms with Crippen molar-refractivity contribution >= 4 is 11.9 Å². The van der Waals surface area contributed by atoms with Gasteiger partial charge < -0.3 is 30.0 Å². The quantitative estimate of drug-likeness (QED) is 0.271. The number of hydrogen-bond acceptors (Lipinski definition) is 9. The van der Waals surface area contributed by atoms with E-state index in [0.29, 0.717) is 41.0 Å². The van der Waals surface area contributed by atoms with Gasteiger partial charge in [0.15, 0.2) is 5.82 Å². The minimum Gasteiger partial charge on any atom is -0.354 e. The van der Waals surface area contributed by atoms with Crippen molar-refractivity contribution in [3.05, 3.63) is 48.2 Å². The zero-order chi connectivity index (χ0) is 27.1. The second-order valence-electron chi connectivity index (χ2n) is 9.56. The van der Waals surface area contributed by atoms with E-state index in [0.717, 1.165) is 13.0 Å². The SMILES string of the molecule is CN(C)CCCNc1nccc(-c2[nH]c(C3OCC(C)(C(=O)NCC#N)CO3)nc2-c2ccc(F)cc2)n1. The lowest BCUT2D eigenvalue weighted by Crippen LogP contribution is -2.48.